The lowest BCUT2D eigenvalue weighted by Gasteiger charge is -2.35. The van der Waals surface area contributed by atoms with Crippen LogP contribution in [0.5, 0.6) is 5.75 Å². The van der Waals surface area contributed by atoms with Gasteiger partial charge in [0.15, 0.2) is 6.79 Å². The summed E-state index contributed by atoms with van der Waals surface area (Å²) in [4.78, 5) is 2.31. The van der Waals surface area contributed by atoms with Crippen molar-refractivity contribution >= 4 is 0 Å². The van der Waals surface area contributed by atoms with Crippen molar-refractivity contribution in [2.45, 2.75) is 32.1 Å². The number of benzene rings is 2. The first kappa shape index (κ1) is 17.5. The fraction of sp³-hybridized carbons (Fsp3) is 0.429. The number of rotatable bonds is 4. The zero-order valence-corrected chi connectivity index (χ0v) is 14.7. The van der Waals surface area contributed by atoms with Crippen molar-refractivity contribution in [3.63, 3.8) is 0 Å². The fourth-order valence-corrected chi connectivity index (χ4v) is 3.96. The number of hydrogen-bond donors (Lipinski definition) is 1. The molecule has 5 heteroatoms. The fourth-order valence-electron chi connectivity index (χ4n) is 3.96. The summed E-state index contributed by atoms with van der Waals surface area (Å²) >= 11 is 0. The topological polar surface area (TPSA) is 41.9 Å². The van der Waals surface area contributed by atoms with Crippen molar-refractivity contribution in [1.82, 2.24) is 4.90 Å². The molecule has 0 radical (unpaired) electrons. The Labute approximate surface area is 153 Å². The molecular formula is C21H24FNO3. The summed E-state index contributed by atoms with van der Waals surface area (Å²) in [5.74, 6) is 0.783. The molecule has 2 heterocycles. The van der Waals surface area contributed by atoms with E-state index in [1.54, 1.807) is 6.07 Å². The molecule has 2 aliphatic heterocycles. The van der Waals surface area contributed by atoms with E-state index in [2.05, 4.69) is 4.90 Å². The first-order valence-electron chi connectivity index (χ1n) is 9.18. The molecule has 2 aromatic rings. The quantitative estimate of drug-likeness (QED) is 0.907. The number of piperidine rings is 1. The lowest BCUT2D eigenvalue weighted by atomic mass is 9.87. The van der Waals surface area contributed by atoms with Gasteiger partial charge in [-0.3, -0.25) is 4.90 Å². The third kappa shape index (κ3) is 3.75. The first-order chi connectivity index (χ1) is 12.7. The van der Waals surface area contributed by atoms with Gasteiger partial charge in [0, 0.05) is 17.7 Å². The monoisotopic (exact) mass is 357 g/mol. The van der Waals surface area contributed by atoms with Gasteiger partial charge in [-0.15, -0.1) is 0 Å². The van der Waals surface area contributed by atoms with E-state index in [0.717, 1.165) is 48.4 Å². The lowest BCUT2D eigenvalue weighted by molar-refractivity contribution is -0.0180. The maximum Gasteiger partial charge on any atom is 0.189 e. The summed E-state index contributed by atoms with van der Waals surface area (Å²) < 4.78 is 24.8. The number of ether oxygens (including phenoxy) is 2. The standard InChI is InChI=1S/C21H24FNO3/c22-19-10-17(21-18(11-19)13-25-14-26-21)12-23-8-6-16(7-9-23)20(24)15-4-2-1-3-5-15/h1-5,10-11,16,20,24H,6-9,12-14H2. The van der Waals surface area contributed by atoms with Gasteiger partial charge in [0.1, 0.15) is 11.6 Å². The van der Waals surface area contributed by atoms with Crippen molar-refractivity contribution in [3.8, 4) is 5.75 Å². The van der Waals surface area contributed by atoms with Gasteiger partial charge >= 0.3 is 0 Å². The van der Waals surface area contributed by atoms with Crippen LogP contribution in [0, 0.1) is 11.7 Å². The third-order valence-corrected chi connectivity index (χ3v) is 5.37. The molecule has 0 amide bonds. The molecule has 4 nitrogen and oxygen atoms in total. The molecule has 0 saturated carbocycles. The van der Waals surface area contributed by atoms with Gasteiger partial charge in [-0.2, -0.15) is 0 Å². The molecule has 2 aliphatic rings. The molecule has 4 rings (SSSR count). The molecule has 0 bridgehead atoms. The molecule has 0 aliphatic carbocycles. The van der Waals surface area contributed by atoms with Crippen LogP contribution in [0.15, 0.2) is 42.5 Å². The minimum atomic E-state index is -0.416. The number of hydrogen-bond acceptors (Lipinski definition) is 4. The van der Waals surface area contributed by atoms with Gasteiger partial charge in [0.25, 0.3) is 0 Å². The van der Waals surface area contributed by atoms with Crippen molar-refractivity contribution in [2.75, 3.05) is 19.9 Å². The van der Waals surface area contributed by atoms with Crippen molar-refractivity contribution < 1.29 is 19.0 Å². The van der Waals surface area contributed by atoms with Crippen LogP contribution in [0.1, 0.15) is 35.6 Å². The number of aliphatic hydroxyl groups is 1. The maximum atomic E-state index is 13.9. The molecule has 0 spiro atoms. The van der Waals surface area contributed by atoms with Crippen LogP contribution < -0.4 is 4.74 Å². The van der Waals surface area contributed by atoms with Crippen LogP contribution in [0.4, 0.5) is 4.39 Å². The number of halogens is 1. The number of nitrogens with zero attached hydrogens (tertiary/aromatic N) is 1. The number of aliphatic hydroxyl groups excluding tert-OH is 1. The minimum Gasteiger partial charge on any atom is -0.467 e. The minimum absolute atomic E-state index is 0.219. The van der Waals surface area contributed by atoms with Crippen LogP contribution in [0.2, 0.25) is 0 Å². The smallest absolute Gasteiger partial charge is 0.189 e. The molecule has 138 valence electrons. The SMILES string of the molecule is OC(c1ccccc1)C1CCN(Cc2cc(F)cc3c2OCOC3)CC1. The predicted octanol–water partition coefficient (Wildman–Crippen LogP) is 3.64. The summed E-state index contributed by atoms with van der Waals surface area (Å²) in [5.41, 5.74) is 2.64. The van der Waals surface area contributed by atoms with Crippen LogP contribution in [-0.2, 0) is 17.9 Å². The van der Waals surface area contributed by atoms with Crippen molar-refractivity contribution in [2.24, 2.45) is 5.92 Å². The summed E-state index contributed by atoms with van der Waals surface area (Å²) in [6.07, 6.45) is 1.44. The molecular weight excluding hydrogens is 333 g/mol. The highest BCUT2D eigenvalue weighted by molar-refractivity contribution is 5.42. The summed E-state index contributed by atoms with van der Waals surface area (Å²) in [6, 6.07) is 12.9. The van der Waals surface area contributed by atoms with Gasteiger partial charge in [-0.05, 0) is 49.5 Å². The maximum absolute atomic E-state index is 13.9. The lowest BCUT2D eigenvalue weighted by Crippen LogP contribution is -2.35. The second-order valence-electron chi connectivity index (χ2n) is 7.13. The zero-order valence-electron chi connectivity index (χ0n) is 14.7. The zero-order chi connectivity index (χ0) is 17.9. The van der Waals surface area contributed by atoms with E-state index in [4.69, 9.17) is 9.47 Å². The Hall–Kier alpha value is -1.95. The van der Waals surface area contributed by atoms with Crippen LogP contribution in [0.25, 0.3) is 0 Å². The molecule has 26 heavy (non-hydrogen) atoms. The van der Waals surface area contributed by atoms with Crippen LogP contribution in [0.3, 0.4) is 0 Å². The van der Waals surface area contributed by atoms with Gasteiger partial charge in [0.2, 0.25) is 0 Å². The molecule has 1 unspecified atom stereocenters. The van der Waals surface area contributed by atoms with Gasteiger partial charge < -0.3 is 14.6 Å². The van der Waals surface area contributed by atoms with E-state index in [0.29, 0.717) is 13.2 Å². The third-order valence-electron chi connectivity index (χ3n) is 5.37. The van der Waals surface area contributed by atoms with E-state index in [9.17, 15) is 9.50 Å². The largest absolute Gasteiger partial charge is 0.467 e. The average Bonchev–Trinajstić information content (AvgIpc) is 2.68. The molecule has 2 aromatic carbocycles. The van der Waals surface area contributed by atoms with E-state index in [1.807, 2.05) is 30.3 Å². The van der Waals surface area contributed by atoms with E-state index in [-0.39, 0.29) is 18.5 Å². The van der Waals surface area contributed by atoms with Crippen molar-refractivity contribution in [1.29, 1.82) is 0 Å². The second-order valence-corrected chi connectivity index (χ2v) is 7.13. The van der Waals surface area contributed by atoms with Gasteiger partial charge in [0.05, 0.1) is 12.7 Å². The molecule has 1 N–H and O–H groups in total. The van der Waals surface area contributed by atoms with E-state index in [1.165, 1.54) is 6.07 Å². The molecule has 1 saturated heterocycles. The average molecular weight is 357 g/mol. The Morgan fingerprint density at radius 3 is 2.69 bits per heavy atom. The highest BCUT2D eigenvalue weighted by atomic mass is 19.1. The Bertz CT molecular complexity index is 744. The van der Waals surface area contributed by atoms with E-state index >= 15 is 0 Å². The van der Waals surface area contributed by atoms with Gasteiger partial charge in [-0.25, -0.2) is 4.39 Å². The van der Waals surface area contributed by atoms with Crippen molar-refractivity contribution in [3.05, 3.63) is 65.0 Å². The van der Waals surface area contributed by atoms with Crippen LogP contribution >= 0.6 is 0 Å². The predicted molar refractivity (Wildman–Crippen MR) is 96.1 cm³/mol. The molecule has 0 aromatic heterocycles. The Morgan fingerprint density at radius 2 is 1.92 bits per heavy atom. The Kier molecular flexibility index (Phi) is 5.20. The van der Waals surface area contributed by atoms with Gasteiger partial charge in [-0.1, -0.05) is 30.3 Å². The van der Waals surface area contributed by atoms with Crippen LogP contribution in [-0.4, -0.2) is 29.9 Å². The normalized spacial score (nSPS) is 19.6. The molecule has 1 fully saturated rings. The second kappa shape index (κ2) is 7.74. The number of fused-ring (bicyclic) bond motifs is 1. The summed E-state index contributed by atoms with van der Waals surface area (Å²) in [5, 5.41) is 10.6. The van der Waals surface area contributed by atoms with E-state index < -0.39 is 6.10 Å². The molecule has 1 atom stereocenters. The Morgan fingerprint density at radius 1 is 1.15 bits per heavy atom. The summed E-state index contributed by atoms with van der Waals surface area (Å²) in [7, 11) is 0. The highest BCUT2D eigenvalue weighted by Gasteiger charge is 2.27. The summed E-state index contributed by atoms with van der Waals surface area (Å²) in [6.45, 7) is 3.04. The number of likely N-dealkylation sites (tertiary alicyclic amines) is 1. The Balaban J connectivity index is 1.39. The highest BCUT2D eigenvalue weighted by Crippen LogP contribution is 2.34. The first-order valence-corrected chi connectivity index (χ1v) is 9.18.